The maximum atomic E-state index is 11.9. The highest BCUT2D eigenvalue weighted by Gasteiger charge is 2.19. The summed E-state index contributed by atoms with van der Waals surface area (Å²) in [7, 11) is 3.46. The fraction of sp³-hybridized carbons (Fsp3) is 0.389. The zero-order valence-electron chi connectivity index (χ0n) is 13.8. The normalized spacial score (nSPS) is 14.6. The van der Waals surface area contributed by atoms with Gasteiger partial charge >= 0.3 is 0 Å². The quantitative estimate of drug-likeness (QED) is 0.806. The third-order valence-electron chi connectivity index (χ3n) is 4.16. The Bertz CT molecular complexity index is 709. The van der Waals surface area contributed by atoms with Gasteiger partial charge in [0.2, 0.25) is 0 Å². The minimum absolute atomic E-state index is 0.0927. The zero-order valence-corrected chi connectivity index (χ0v) is 14.7. The molecule has 0 saturated carbocycles. The van der Waals surface area contributed by atoms with E-state index in [0.717, 1.165) is 31.8 Å². The summed E-state index contributed by atoms with van der Waals surface area (Å²) in [5, 5.41) is 0. The number of fused-ring (bicyclic) bond motifs is 1. The van der Waals surface area contributed by atoms with Gasteiger partial charge in [0.15, 0.2) is 5.76 Å². The molecule has 2 aromatic rings. The number of hydrogen-bond acceptors (Lipinski definition) is 4. The van der Waals surface area contributed by atoms with E-state index in [1.807, 2.05) is 6.07 Å². The number of furan rings is 1. The first-order valence-corrected chi connectivity index (χ1v) is 8.98. The average molecular weight is 330 g/mol. The van der Waals surface area contributed by atoms with Gasteiger partial charge in [0.1, 0.15) is 5.76 Å². The number of benzene rings is 1. The van der Waals surface area contributed by atoms with Crippen molar-refractivity contribution in [3.63, 3.8) is 0 Å². The van der Waals surface area contributed by atoms with E-state index < -0.39 is 0 Å². The van der Waals surface area contributed by atoms with Crippen molar-refractivity contribution in [3.05, 3.63) is 53.0 Å². The molecular formula is C18H22N2O2S. The van der Waals surface area contributed by atoms with Gasteiger partial charge in [0, 0.05) is 32.1 Å². The molecule has 1 aliphatic rings. The van der Waals surface area contributed by atoms with Crippen LogP contribution in [0, 0.1) is 0 Å². The molecule has 23 heavy (non-hydrogen) atoms. The van der Waals surface area contributed by atoms with E-state index in [1.165, 1.54) is 20.9 Å². The van der Waals surface area contributed by atoms with E-state index in [0.29, 0.717) is 5.76 Å². The number of rotatable bonds is 4. The highest BCUT2D eigenvalue weighted by molar-refractivity contribution is 7.98. The van der Waals surface area contributed by atoms with E-state index in [1.54, 1.807) is 31.9 Å². The lowest BCUT2D eigenvalue weighted by molar-refractivity contribution is 0.0792. The summed E-state index contributed by atoms with van der Waals surface area (Å²) in [4.78, 5) is 17.1. The Morgan fingerprint density at radius 1 is 1.26 bits per heavy atom. The molecule has 0 aliphatic carbocycles. The second-order valence-electron chi connectivity index (χ2n) is 6.06. The van der Waals surface area contributed by atoms with Gasteiger partial charge in [-0.2, -0.15) is 0 Å². The second kappa shape index (κ2) is 6.81. The zero-order chi connectivity index (χ0) is 16.4. The van der Waals surface area contributed by atoms with Crippen LogP contribution in [0.3, 0.4) is 0 Å². The van der Waals surface area contributed by atoms with Crippen molar-refractivity contribution in [1.29, 1.82) is 0 Å². The summed E-state index contributed by atoms with van der Waals surface area (Å²) in [5.74, 6) is 1.16. The van der Waals surface area contributed by atoms with Crippen LogP contribution in [-0.4, -0.2) is 42.6 Å². The number of carbonyl (C=O) groups excluding carboxylic acids is 1. The Labute approximate surface area is 141 Å². The highest BCUT2D eigenvalue weighted by Crippen LogP contribution is 2.25. The molecule has 1 amide bonds. The molecule has 1 aliphatic heterocycles. The van der Waals surface area contributed by atoms with E-state index in [2.05, 4.69) is 29.4 Å². The van der Waals surface area contributed by atoms with Crippen molar-refractivity contribution in [2.75, 3.05) is 26.9 Å². The van der Waals surface area contributed by atoms with Crippen LogP contribution in [0.1, 0.15) is 27.4 Å². The molecule has 0 fully saturated rings. The predicted molar refractivity (Wildman–Crippen MR) is 92.8 cm³/mol. The Kier molecular flexibility index (Phi) is 4.78. The molecule has 3 rings (SSSR count). The summed E-state index contributed by atoms with van der Waals surface area (Å²) in [6.45, 7) is 2.69. The molecule has 0 atom stereocenters. The maximum absolute atomic E-state index is 11.9. The van der Waals surface area contributed by atoms with E-state index >= 15 is 0 Å². The molecule has 122 valence electrons. The first-order chi connectivity index (χ1) is 11.1. The van der Waals surface area contributed by atoms with E-state index in [9.17, 15) is 4.79 Å². The van der Waals surface area contributed by atoms with Crippen molar-refractivity contribution in [2.24, 2.45) is 0 Å². The van der Waals surface area contributed by atoms with Crippen LogP contribution < -0.4 is 0 Å². The second-order valence-corrected chi connectivity index (χ2v) is 6.94. The van der Waals surface area contributed by atoms with Gasteiger partial charge in [-0.1, -0.05) is 6.07 Å². The molecule has 5 heteroatoms. The van der Waals surface area contributed by atoms with Crippen molar-refractivity contribution in [2.45, 2.75) is 24.4 Å². The molecule has 1 aromatic carbocycles. The number of carbonyl (C=O) groups is 1. The van der Waals surface area contributed by atoms with Gasteiger partial charge in [0.05, 0.1) is 6.54 Å². The van der Waals surface area contributed by atoms with Crippen LogP contribution in [0.25, 0.3) is 0 Å². The molecule has 0 spiro atoms. The average Bonchev–Trinajstić information content (AvgIpc) is 3.01. The van der Waals surface area contributed by atoms with Crippen LogP contribution >= 0.6 is 11.8 Å². The Morgan fingerprint density at radius 3 is 2.83 bits per heavy atom. The lowest BCUT2D eigenvalue weighted by Gasteiger charge is -2.28. The summed E-state index contributed by atoms with van der Waals surface area (Å²) in [5.41, 5.74) is 2.85. The third kappa shape index (κ3) is 3.62. The smallest absolute Gasteiger partial charge is 0.289 e. The van der Waals surface area contributed by atoms with Gasteiger partial charge in [-0.15, -0.1) is 11.8 Å². The number of hydrogen-bond donors (Lipinski definition) is 0. The summed E-state index contributed by atoms with van der Waals surface area (Å²) >= 11 is 1.79. The minimum Gasteiger partial charge on any atom is -0.455 e. The fourth-order valence-electron chi connectivity index (χ4n) is 2.87. The van der Waals surface area contributed by atoms with Gasteiger partial charge in [-0.3, -0.25) is 9.69 Å². The summed E-state index contributed by atoms with van der Waals surface area (Å²) < 4.78 is 5.70. The molecule has 2 heterocycles. The molecule has 1 aromatic heterocycles. The predicted octanol–water partition coefficient (Wildman–Crippen LogP) is 3.26. The standard InChI is InChI=1S/C18H22N2O2S/c1-19(2)18(21)17-7-5-15(22-17)12-20-9-8-13-10-16(23-3)6-4-14(13)11-20/h4-7,10H,8-9,11-12H2,1-3H3. The van der Waals surface area contributed by atoms with Crippen LogP contribution in [0.4, 0.5) is 0 Å². The van der Waals surface area contributed by atoms with Gasteiger partial charge in [-0.05, 0) is 48.1 Å². The van der Waals surface area contributed by atoms with E-state index in [4.69, 9.17) is 4.42 Å². The van der Waals surface area contributed by atoms with Crippen molar-refractivity contribution in [3.8, 4) is 0 Å². The van der Waals surface area contributed by atoms with Crippen LogP contribution in [-0.2, 0) is 19.5 Å². The van der Waals surface area contributed by atoms with Crippen LogP contribution in [0.2, 0.25) is 0 Å². The summed E-state index contributed by atoms with van der Waals surface area (Å²) in [6.07, 6.45) is 3.17. The molecule has 0 unspecified atom stereocenters. The first kappa shape index (κ1) is 16.1. The van der Waals surface area contributed by atoms with Crippen LogP contribution in [0.5, 0.6) is 0 Å². The van der Waals surface area contributed by atoms with Gasteiger partial charge < -0.3 is 9.32 Å². The van der Waals surface area contributed by atoms with Crippen molar-refractivity contribution in [1.82, 2.24) is 9.80 Å². The summed E-state index contributed by atoms with van der Waals surface area (Å²) in [6, 6.07) is 10.4. The molecule has 0 saturated heterocycles. The Morgan fingerprint density at radius 2 is 2.09 bits per heavy atom. The van der Waals surface area contributed by atoms with Crippen LogP contribution in [0.15, 0.2) is 39.6 Å². The minimum atomic E-state index is -0.0927. The third-order valence-corrected chi connectivity index (χ3v) is 4.89. The largest absolute Gasteiger partial charge is 0.455 e. The topological polar surface area (TPSA) is 36.7 Å². The van der Waals surface area contributed by atoms with Gasteiger partial charge in [0.25, 0.3) is 5.91 Å². The highest BCUT2D eigenvalue weighted by atomic mass is 32.2. The SMILES string of the molecule is CSc1ccc2c(c1)CCN(Cc1ccc(C(=O)N(C)C)o1)C2. The lowest BCUT2D eigenvalue weighted by Crippen LogP contribution is -2.29. The molecule has 0 N–H and O–H groups in total. The van der Waals surface area contributed by atoms with E-state index in [-0.39, 0.29) is 5.91 Å². The monoisotopic (exact) mass is 330 g/mol. The fourth-order valence-corrected chi connectivity index (χ4v) is 3.33. The van der Waals surface area contributed by atoms with Crippen molar-refractivity contribution >= 4 is 17.7 Å². The first-order valence-electron chi connectivity index (χ1n) is 7.75. The number of nitrogens with zero attached hydrogens (tertiary/aromatic N) is 2. The maximum Gasteiger partial charge on any atom is 0.289 e. The molecule has 0 bridgehead atoms. The molecule has 0 radical (unpaired) electrons. The van der Waals surface area contributed by atoms with Gasteiger partial charge in [-0.25, -0.2) is 0 Å². The number of amides is 1. The van der Waals surface area contributed by atoms with Crippen molar-refractivity contribution < 1.29 is 9.21 Å². The number of thioether (sulfide) groups is 1. The molecule has 4 nitrogen and oxygen atoms in total. The molecular weight excluding hydrogens is 308 g/mol. The Balaban J connectivity index is 1.67. The lowest BCUT2D eigenvalue weighted by atomic mass is 10.00. The Hall–Kier alpha value is -1.72.